The van der Waals surface area contributed by atoms with Gasteiger partial charge in [-0.25, -0.2) is 4.98 Å². The number of ether oxygens (including phenoxy) is 1. The molecule has 118 valence electrons. The van der Waals surface area contributed by atoms with Crippen LogP contribution in [0.4, 0.5) is 5.69 Å². The van der Waals surface area contributed by atoms with Gasteiger partial charge in [0.15, 0.2) is 5.65 Å². The van der Waals surface area contributed by atoms with Crippen LogP contribution in [-0.4, -0.2) is 27.7 Å². The van der Waals surface area contributed by atoms with Crippen molar-refractivity contribution >= 4 is 22.6 Å². The number of aromatic nitrogens is 3. The van der Waals surface area contributed by atoms with Crippen molar-refractivity contribution in [1.29, 1.82) is 0 Å². The molecule has 0 radical (unpaired) electrons. The Morgan fingerprint density at radius 1 is 1.26 bits per heavy atom. The topological polar surface area (TPSA) is 79.9 Å². The molecular weight excluding hydrogens is 292 g/mol. The first-order valence-corrected chi connectivity index (χ1v) is 7.61. The van der Waals surface area contributed by atoms with Crippen LogP contribution in [0.1, 0.15) is 30.1 Å². The quantitative estimate of drug-likeness (QED) is 0.684. The highest BCUT2D eigenvalue weighted by molar-refractivity contribution is 6.08. The maximum atomic E-state index is 12.6. The summed E-state index contributed by atoms with van der Waals surface area (Å²) in [6.07, 6.45) is 5.08. The molecule has 6 heteroatoms. The van der Waals surface area contributed by atoms with Crippen molar-refractivity contribution in [2.75, 3.05) is 11.9 Å². The lowest BCUT2D eigenvalue weighted by molar-refractivity contribution is 0.102. The van der Waals surface area contributed by atoms with Crippen molar-refractivity contribution < 1.29 is 9.53 Å². The van der Waals surface area contributed by atoms with Crippen molar-refractivity contribution in [3.8, 4) is 5.75 Å². The summed E-state index contributed by atoms with van der Waals surface area (Å²) < 4.78 is 5.85. The highest BCUT2D eigenvalue weighted by atomic mass is 16.5. The Morgan fingerprint density at radius 3 is 2.87 bits per heavy atom. The standard InChI is InChI=1S/C17H18N4O2/c1-2-3-9-23-15-13-11-19-21-16(13)18-10-14(15)17(22)20-12-7-5-4-6-8-12/h4-8,10-11H,2-3,9H2,1H3,(H,20,22)(H,18,19,21). The average molecular weight is 310 g/mol. The van der Waals surface area contributed by atoms with Gasteiger partial charge in [0.25, 0.3) is 5.91 Å². The number of para-hydroxylation sites is 1. The molecule has 0 unspecified atom stereocenters. The first kappa shape index (κ1) is 15.0. The van der Waals surface area contributed by atoms with E-state index in [4.69, 9.17) is 4.74 Å². The number of nitrogens with one attached hydrogen (secondary N) is 2. The number of pyridine rings is 1. The van der Waals surface area contributed by atoms with E-state index in [9.17, 15) is 4.79 Å². The number of nitrogens with zero attached hydrogens (tertiary/aromatic N) is 2. The van der Waals surface area contributed by atoms with Gasteiger partial charge in [0.2, 0.25) is 0 Å². The summed E-state index contributed by atoms with van der Waals surface area (Å²) in [6, 6.07) is 9.30. The molecule has 0 aliphatic heterocycles. The molecule has 23 heavy (non-hydrogen) atoms. The molecular formula is C17H18N4O2. The van der Waals surface area contributed by atoms with Crippen LogP contribution in [0.15, 0.2) is 42.7 Å². The van der Waals surface area contributed by atoms with Crippen molar-refractivity contribution in [2.45, 2.75) is 19.8 Å². The molecule has 2 heterocycles. The molecule has 3 aromatic rings. The van der Waals surface area contributed by atoms with Crippen LogP contribution in [-0.2, 0) is 0 Å². The minimum Gasteiger partial charge on any atom is -0.492 e. The Hall–Kier alpha value is -2.89. The Bertz CT molecular complexity index is 799. The molecule has 0 saturated carbocycles. The van der Waals surface area contributed by atoms with Gasteiger partial charge in [0.05, 0.1) is 18.2 Å². The number of rotatable bonds is 6. The van der Waals surface area contributed by atoms with E-state index in [1.165, 1.54) is 6.20 Å². The molecule has 6 nitrogen and oxygen atoms in total. The highest BCUT2D eigenvalue weighted by Crippen LogP contribution is 2.28. The van der Waals surface area contributed by atoms with Gasteiger partial charge in [-0.2, -0.15) is 5.10 Å². The minimum atomic E-state index is -0.252. The number of H-pyrrole nitrogens is 1. The average Bonchev–Trinajstić information content (AvgIpc) is 3.05. The lowest BCUT2D eigenvalue weighted by atomic mass is 10.2. The Kier molecular flexibility index (Phi) is 4.52. The molecule has 3 rings (SSSR count). The van der Waals surface area contributed by atoms with E-state index < -0.39 is 0 Å². The lowest BCUT2D eigenvalue weighted by Gasteiger charge is -2.12. The number of aromatic amines is 1. The number of hydrogen-bond donors (Lipinski definition) is 2. The molecule has 2 N–H and O–H groups in total. The second-order valence-electron chi connectivity index (χ2n) is 5.16. The van der Waals surface area contributed by atoms with E-state index in [1.807, 2.05) is 30.3 Å². The molecule has 0 atom stereocenters. The zero-order valence-electron chi connectivity index (χ0n) is 12.9. The SMILES string of the molecule is CCCCOc1c(C(=O)Nc2ccccc2)cnc2[nH]ncc12. The van der Waals surface area contributed by atoms with E-state index in [1.54, 1.807) is 6.20 Å². The summed E-state index contributed by atoms with van der Waals surface area (Å²) in [5.74, 6) is 0.268. The largest absolute Gasteiger partial charge is 0.492 e. The number of unbranched alkanes of at least 4 members (excludes halogenated alkanes) is 1. The Labute approximate surface area is 133 Å². The van der Waals surface area contributed by atoms with Gasteiger partial charge >= 0.3 is 0 Å². The van der Waals surface area contributed by atoms with E-state index in [2.05, 4.69) is 27.4 Å². The van der Waals surface area contributed by atoms with E-state index >= 15 is 0 Å². The van der Waals surface area contributed by atoms with Crippen molar-refractivity contribution in [2.24, 2.45) is 0 Å². The van der Waals surface area contributed by atoms with Crippen LogP contribution in [0.3, 0.4) is 0 Å². The molecule has 1 aromatic carbocycles. The van der Waals surface area contributed by atoms with Crippen molar-refractivity contribution in [3.63, 3.8) is 0 Å². The van der Waals surface area contributed by atoms with Gasteiger partial charge in [-0.3, -0.25) is 9.89 Å². The van der Waals surface area contributed by atoms with E-state index in [0.717, 1.165) is 18.5 Å². The Morgan fingerprint density at radius 2 is 2.09 bits per heavy atom. The second-order valence-corrected chi connectivity index (χ2v) is 5.16. The molecule has 0 saturated heterocycles. The number of hydrogen-bond acceptors (Lipinski definition) is 4. The van der Waals surface area contributed by atoms with Crippen molar-refractivity contribution in [3.05, 3.63) is 48.3 Å². The number of amides is 1. The molecule has 0 bridgehead atoms. The van der Waals surface area contributed by atoms with Gasteiger partial charge in [0, 0.05) is 11.9 Å². The summed E-state index contributed by atoms with van der Waals surface area (Å²) >= 11 is 0. The summed E-state index contributed by atoms with van der Waals surface area (Å²) in [7, 11) is 0. The molecule has 0 aliphatic carbocycles. The molecule has 0 fully saturated rings. The van der Waals surface area contributed by atoms with Gasteiger partial charge in [-0.1, -0.05) is 31.5 Å². The number of carbonyl (C=O) groups excluding carboxylic acids is 1. The third-order valence-corrected chi connectivity index (χ3v) is 3.45. The maximum absolute atomic E-state index is 12.6. The fourth-order valence-electron chi connectivity index (χ4n) is 2.23. The van der Waals surface area contributed by atoms with Crippen LogP contribution in [0.5, 0.6) is 5.75 Å². The van der Waals surface area contributed by atoms with E-state index in [-0.39, 0.29) is 5.91 Å². The van der Waals surface area contributed by atoms with Gasteiger partial charge < -0.3 is 10.1 Å². The number of anilines is 1. The fraction of sp³-hybridized carbons (Fsp3) is 0.235. The summed E-state index contributed by atoms with van der Waals surface area (Å²) in [6.45, 7) is 2.64. The van der Waals surface area contributed by atoms with Gasteiger partial charge in [-0.15, -0.1) is 0 Å². The van der Waals surface area contributed by atoms with Crippen LogP contribution < -0.4 is 10.1 Å². The van der Waals surface area contributed by atoms with Crippen LogP contribution in [0.2, 0.25) is 0 Å². The van der Waals surface area contributed by atoms with Crippen LogP contribution in [0, 0.1) is 0 Å². The summed E-state index contributed by atoms with van der Waals surface area (Å²) in [5, 5.41) is 10.3. The highest BCUT2D eigenvalue weighted by Gasteiger charge is 2.18. The number of benzene rings is 1. The maximum Gasteiger partial charge on any atom is 0.261 e. The second kappa shape index (κ2) is 6.91. The Balaban J connectivity index is 1.92. The first-order chi connectivity index (χ1) is 11.3. The van der Waals surface area contributed by atoms with Gasteiger partial charge in [-0.05, 0) is 18.6 Å². The van der Waals surface area contributed by atoms with Crippen LogP contribution >= 0.6 is 0 Å². The van der Waals surface area contributed by atoms with Crippen LogP contribution in [0.25, 0.3) is 11.0 Å². The zero-order chi connectivity index (χ0) is 16.1. The molecule has 1 amide bonds. The third-order valence-electron chi connectivity index (χ3n) is 3.45. The summed E-state index contributed by atoms with van der Waals surface area (Å²) in [5.41, 5.74) is 1.73. The van der Waals surface area contributed by atoms with Crippen molar-refractivity contribution in [1.82, 2.24) is 15.2 Å². The minimum absolute atomic E-state index is 0.252. The number of carbonyl (C=O) groups is 1. The summed E-state index contributed by atoms with van der Waals surface area (Å²) in [4.78, 5) is 16.8. The fourth-order valence-corrected chi connectivity index (χ4v) is 2.23. The molecule has 0 spiro atoms. The predicted molar refractivity (Wildman–Crippen MR) is 88.7 cm³/mol. The predicted octanol–water partition coefficient (Wildman–Crippen LogP) is 3.39. The number of fused-ring (bicyclic) bond motifs is 1. The first-order valence-electron chi connectivity index (χ1n) is 7.61. The third kappa shape index (κ3) is 3.31. The lowest BCUT2D eigenvalue weighted by Crippen LogP contribution is -2.14. The van der Waals surface area contributed by atoms with E-state index in [0.29, 0.717) is 29.0 Å². The van der Waals surface area contributed by atoms with Gasteiger partial charge in [0.1, 0.15) is 11.3 Å². The zero-order valence-corrected chi connectivity index (χ0v) is 12.9. The molecule has 0 aliphatic rings. The normalized spacial score (nSPS) is 10.7. The smallest absolute Gasteiger partial charge is 0.261 e. The monoisotopic (exact) mass is 310 g/mol. The molecule has 2 aromatic heterocycles.